The molecule has 0 spiro atoms. The number of carbonyl (C=O) groups excluding carboxylic acids is 1. The minimum Gasteiger partial charge on any atom is -0.393 e. The molecule has 3 nitrogen and oxygen atoms in total. The van der Waals surface area contributed by atoms with Crippen LogP contribution in [0.3, 0.4) is 0 Å². The first-order valence-electron chi connectivity index (χ1n) is 7.47. The molecule has 1 aliphatic rings. The topological polar surface area (TPSA) is 46.3 Å². The van der Waals surface area contributed by atoms with Crippen LogP contribution in [0.5, 0.6) is 0 Å². The third-order valence-corrected chi connectivity index (χ3v) is 4.09. The lowest BCUT2D eigenvalue weighted by Crippen LogP contribution is -2.41. The maximum Gasteiger partial charge on any atom is 0.225 e. The third kappa shape index (κ3) is 5.89. The molecule has 0 unspecified atom stereocenters. The van der Waals surface area contributed by atoms with Gasteiger partial charge in [0.25, 0.3) is 0 Å². The summed E-state index contributed by atoms with van der Waals surface area (Å²) in [5.41, 5.74) is 5.56. The Labute approximate surface area is 122 Å². The molecule has 1 saturated carbocycles. The van der Waals surface area contributed by atoms with Gasteiger partial charge in [0.2, 0.25) is 5.91 Å². The minimum absolute atomic E-state index is 0.223. The van der Waals surface area contributed by atoms with Gasteiger partial charge in [-0.25, -0.2) is 0 Å². The molecule has 0 radical (unpaired) electrons. The van der Waals surface area contributed by atoms with Crippen molar-refractivity contribution in [2.24, 2.45) is 23.5 Å². The summed E-state index contributed by atoms with van der Waals surface area (Å²) in [6, 6.07) is 0. The Balaban J connectivity index is 2.56. The van der Waals surface area contributed by atoms with Crippen LogP contribution in [-0.2, 0) is 4.79 Å². The summed E-state index contributed by atoms with van der Waals surface area (Å²) in [4.78, 5) is 15.1. The molecule has 0 atom stereocenters. The van der Waals surface area contributed by atoms with E-state index in [0.29, 0.717) is 29.8 Å². The third-order valence-electron chi connectivity index (χ3n) is 3.89. The normalized spacial score (nSPS) is 23.4. The second-order valence-corrected chi connectivity index (χ2v) is 6.88. The van der Waals surface area contributed by atoms with Crippen molar-refractivity contribution < 1.29 is 4.79 Å². The summed E-state index contributed by atoms with van der Waals surface area (Å²) in [7, 11) is 0. The predicted molar refractivity (Wildman–Crippen MR) is 83.9 cm³/mol. The van der Waals surface area contributed by atoms with Crippen molar-refractivity contribution in [1.29, 1.82) is 0 Å². The highest BCUT2D eigenvalue weighted by atomic mass is 32.1. The van der Waals surface area contributed by atoms with Crippen molar-refractivity contribution in [1.82, 2.24) is 4.90 Å². The highest BCUT2D eigenvalue weighted by Crippen LogP contribution is 2.29. The van der Waals surface area contributed by atoms with E-state index in [1.165, 1.54) is 12.8 Å². The van der Waals surface area contributed by atoms with Gasteiger partial charge in [-0.3, -0.25) is 4.79 Å². The smallest absolute Gasteiger partial charge is 0.225 e. The molecule has 2 N–H and O–H groups in total. The van der Waals surface area contributed by atoms with Gasteiger partial charge in [0.15, 0.2) is 0 Å². The molecule has 1 amide bonds. The van der Waals surface area contributed by atoms with Gasteiger partial charge in [-0.2, -0.15) is 0 Å². The van der Waals surface area contributed by atoms with Gasteiger partial charge in [0, 0.05) is 25.4 Å². The lowest BCUT2D eigenvalue weighted by molar-refractivity contribution is -0.137. The fourth-order valence-electron chi connectivity index (χ4n) is 2.74. The van der Waals surface area contributed by atoms with Gasteiger partial charge < -0.3 is 10.6 Å². The van der Waals surface area contributed by atoms with Crippen molar-refractivity contribution in [2.75, 3.05) is 13.1 Å². The van der Waals surface area contributed by atoms with Gasteiger partial charge in [0.1, 0.15) is 0 Å². The van der Waals surface area contributed by atoms with Gasteiger partial charge in [0.05, 0.1) is 4.99 Å². The molecule has 0 aromatic carbocycles. The van der Waals surface area contributed by atoms with Crippen LogP contribution in [0.25, 0.3) is 0 Å². The number of thiocarbonyl (C=S) groups is 1. The van der Waals surface area contributed by atoms with Crippen LogP contribution in [0.2, 0.25) is 0 Å². The Morgan fingerprint density at radius 3 is 2.37 bits per heavy atom. The van der Waals surface area contributed by atoms with Crippen LogP contribution < -0.4 is 5.73 Å². The molecular weight excluding hydrogens is 256 g/mol. The molecule has 0 aromatic heterocycles. The number of hydrogen-bond acceptors (Lipinski definition) is 2. The number of nitrogens with zero attached hydrogens (tertiary/aromatic N) is 1. The largest absolute Gasteiger partial charge is 0.393 e. The summed E-state index contributed by atoms with van der Waals surface area (Å²) in [6.07, 6.45) is 5.09. The van der Waals surface area contributed by atoms with Gasteiger partial charge in [-0.05, 0) is 37.5 Å². The van der Waals surface area contributed by atoms with Crippen LogP contribution in [-0.4, -0.2) is 28.9 Å². The Bertz CT molecular complexity index is 309. The van der Waals surface area contributed by atoms with Crippen LogP contribution in [0.1, 0.15) is 52.9 Å². The Hall–Kier alpha value is -0.640. The molecule has 4 heteroatoms. The lowest BCUT2D eigenvalue weighted by Gasteiger charge is -2.32. The van der Waals surface area contributed by atoms with Crippen LogP contribution in [0, 0.1) is 17.8 Å². The second kappa shape index (κ2) is 7.83. The number of carbonyl (C=O) groups is 1. The van der Waals surface area contributed by atoms with E-state index < -0.39 is 0 Å². The molecule has 1 fully saturated rings. The molecule has 0 aromatic rings. The molecule has 19 heavy (non-hydrogen) atoms. The van der Waals surface area contributed by atoms with E-state index in [1.54, 1.807) is 0 Å². The Morgan fingerprint density at radius 2 is 1.89 bits per heavy atom. The molecule has 0 saturated heterocycles. The number of hydrogen-bond donors (Lipinski definition) is 1. The standard InChI is InChI=1S/C15H28N2OS/c1-11(2)10-17(9-8-14(16)19)15(18)13-6-4-12(3)5-7-13/h11-13H,4-10H2,1-3H3,(H2,16,19). The summed E-state index contributed by atoms with van der Waals surface area (Å²) < 4.78 is 0. The highest BCUT2D eigenvalue weighted by Gasteiger charge is 2.28. The first-order valence-corrected chi connectivity index (χ1v) is 7.88. The minimum atomic E-state index is 0.223. The maximum atomic E-state index is 12.6. The summed E-state index contributed by atoms with van der Waals surface area (Å²) in [5.74, 6) is 1.80. The van der Waals surface area contributed by atoms with Crippen molar-refractivity contribution >= 4 is 23.1 Å². The molecule has 0 aliphatic heterocycles. The first-order chi connectivity index (χ1) is 8.90. The first kappa shape index (κ1) is 16.4. The van der Waals surface area contributed by atoms with E-state index in [1.807, 2.05) is 4.90 Å². The quantitative estimate of drug-likeness (QED) is 0.763. The Kier molecular flexibility index (Phi) is 6.76. The van der Waals surface area contributed by atoms with E-state index in [4.69, 9.17) is 18.0 Å². The fourth-order valence-corrected chi connectivity index (χ4v) is 2.83. The van der Waals surface area contributed by atoms with E-state index >= 15 is 0 Å². The number of rotatable bonds is 6. The van der Waals surface area contributed by atoms with Crippen LogP contribution in [0.15, 0.2) is 0 Å². The van der Waals surface area contributed by atoms with Crippen molar-refractivity contribution in [3.05, 3.63) is 0 Å². The SMILES string of the molecule is CC(C)CN(CCC(N)=S)C(=O)C1CCC(C)CC1. The molecule has 110 valence electrons. The molecule has 0 heterocycles. The van der Waals surface area contributed by atoms with E-state index in [-0.39, 0.29) is 5.92 Å². The summed E-state index contributed by atoms with van der Waals surface area (Å²) in [6.45, 7) is 8.05. The van der Waals surface area contributed by atoms with E-state index in [2.05, 4.69) is 20.8 Å². The number of amides is 1. The zero-order valence-electron chi connectivity index (χ0n) is 12.5. The molecular formula is C15H28N2OS. The average Bonchev–Trinajstić information content (AvgIpc) is 2.34. The highest BCUT2D eigenvalue weighted by molar-refractivity contribution is 7.80. The molecule has 1 aliphatic carbocycles. The van der Waals surface area contributed by atoms with Gasteiger partial charge in [-0.15, -0.1) is 0 Å². The molecule has 0 bridgehead atoms. The average molecular weight is 284 g/mol. The molecule has 1 rings (SSSR count). The second-order valence-electron chi connectivity index (χ2n) is 6.35. The van der Waals surface area contributed by atoms with E-state index in [0.717, 1.165) is 25.3 Å². The zero-order valence-corrected chi connectivity index (χ0v) is 13.3. The van der Waals surface area contributed by atoms with Crippen LogP contribution in [0.4, 0.5) is 0 Å². The summed E-state index contributed by atoms with van der Waals surface area (Å²) in [5, 5.41) is 0. The lowest BCUT2D eigenvalue weighted by atomic mass is 9.82. The van der Waals surface area contributed by atoms with Crippen LogP contribution >= 0.6 is 12.2 Å². The summed E-state index contributed by atoms with van der Waals surface area (Å²) >= 11 is 4.93. The van der Waals surface area contributed by atoms with Gasteiger partial charge >= 0.3 is 0 Å². The fraction of sp³-hybridized carbons (Fsp3) is 0.867. The van der Waals surface area contributed by atoms with Gasteiger partial charge in [-0.1, -0.05) is 33.0 Å². The van der Waals surface area contributed by atoms with E-state index in [9.17, 15) is 4.79 Å². The number of nitrogens with two attached hydrogens (primary N) is 1. The predicted octanol–water partition coefficient (Wildman–Crippen LogP) is 2.97. The maximum absolute atomic E-state index is 12.6. The van der Waals surface area contributed by atoms with Crippen molar-refractivity contribution in [3.63, 3.8) is 0 Å². The van der Waals surface area contributed by atoms with Crippen molar-refractivity contribution in [2.45, 2.75) is 52.9 Å². The van der Waals surface area contributed by atoms with Crippen molar-refractivity contribution in [3.8, 4) is 0 Å². The zero-order chi connectivity index (χ0) is 14.4. The monoisotopic (exact) mass is 284 g/mol. The Morgan fingerprint density at radius 1 is 1.32 bits per heavy atom.